The Morgan fingerprint density at radius 3 is 2.83 bits per heavy atom. The Morgan fingerprint density at radius 2 is 2.00 bits per heavy atom. The van der Waals surface area contributed by atoms with Gasteiger partial charge in [-0.15, -0.1) is 0 Å². The van der Waals surface area contributed by atoms with Crippen molar-refractivity contribution in [3.05, 3.63) is 59.9 Å². The van der Waals surface area contributed by atoms with Crippen LogP contribution in [0.4, 0.5) is 4.39 Å². The topological polar surface area (TPSA) is 47.6 Å². The standard InChI is InChI=1S/C18H18FNO3/c19-14-7-2-4-9-16(14)22-11-5-10-20-18(21)17-12-13-6-1-3-8-15(13)23-17/h1-4,6-9,17H,5,10-12H2,(H,20,21)/t17-/m1/s1. The lowest BCUT2D eigenvalue weighted by Gasteiger charge is -2.12. The summed E-state index contributed by atoms with van der Waals surface area (Å²) >= 11 is 0. The number of fused-ring (bicyclic) bond motifs is 1. The predicted molar refractivity (Wildman–Crippen MR) is 84.1 cm³/mol. The number of carbonyl (C=O) groups excluding carboxylic acids is 1. The number of amides is 1. The van der Waals surface area contributed by atoms with E-state index in [1.54, 1.807) is 18.2 Å². The van der Waals surface area contributed by atoms with Crippen molar-refractivity contribution in [3.8, 4) is 11.5 Å². The second-order valence-electron chi connectivity index (χ2n) is 5.34. The average molecular weight is 315 g/mol. The number of ether oxygens (including phenoxy) is 2. The minimum Gasteiger partial charge on any atom is -0.490 e. The fraction of sp³-hybridized carbons (Fsp3) is 0.278. The summed E-state index contributed by atoms with van der Waals surface area (Å²) < 4.78 is 24.3. The van der Waals surface area contributed by atoms with E-state index >= 15 is 0 Å². The first kappa shape index (κ1) is 15.3. The molecule has 5 heteroatoms. The Morgan fingerprint density at radius 1 is 1.22 bits per heavy atom. The minimum atomic E-state index is -0.472. The summed E-state index contributed by atoms with van der Waals surface area (Å²) in [4.78, 5) is 12.1. The second-order valence-corrected chi connectivity index (χ2v) is 5.34. The van der Waals surface area contributed by atoms with Gasteiger partial charge in [0.25, 0.3) is 5.91 Å². The van der Waals surface area contributed by atoms with Crippen molar-refractivity contribution in [1.29, 1.82) is 0 Å². The highest BCUT2D eigenvalue weighted by atomic mass is 19.1. The van der Waals surface area contributed by atoms with E-state index in [-0.39, 0.29) is 17.5 Å². The van der Waals surface area contributed by atoms with Gasteiger partial charge in [-0.05, 0) is 30.2 Å². The van der Waals surface area contributed by atoms with Gasteiger partial charge in [-0.3, -0.25) is 4.79 Å². The van der Waals surface area contributed by atoms with Gasteiger partial charge in [-0.2, -0.15) is 0 Å². The van der Waals surface area contributed by atoms with Gasteiger partial charge >= 0.3 is 0 Å². The molecule has 2 aromatic carbocycles. The van der Waals surface area contributed by atoms with Crippen molar-refractivity contribution >= 4 is 5.91 Å². The third kappa shape index (κ3) is 3.80. The van der Waals surface area contributed by atoms with Crippen LogP contribution in [0.5, 0.6) is 11.5 Å². The highest BCUT2D eigenvalue weighted by molar-refractivity contribution is 5.82. The Bertz CT molecular complexity index is 664. The molecule has 1 amide bonds. The summed E-state index contributed by atoms with van der Waals surface area (Å²) in [5.41, 5.74) is 1.05. The fourth-order valence-electron chi connectivity index (χ4n) is 2.47. The van der Waals surface area contributed by atoms with Crippen molar-refractivity contribution in [2.75, 3.05) is 13.2 Å². The molecular weight excluding hydrogens is 297 g/mol. The molecule has 1 heterocycles. The Balaban J connectivity index is 1.37. The molecule has 23 heavy (non-hydrogen) atoms. The summed E-state index contributed by atoms with van der Waals surface area (Å²) in [7, 11) is 0. The molecule has 2 aromatic rings. The van der Waals surface area contributed by atoms with E-state index in [0.29, 0.717) is 26.0 Å². The van der Waals surface area contributed by atoms with E-state index in [9.17, 15) is 9.18 Å². The molecule has 0 spiro atoms. The number of carbonyl (C=O) groups is 1. The molecule has 3 rings (SSSR count). The molecule has 0 fully saturated rings. The first-order chi connectivity index (χ1) is 11.2. The van der Waals surface area contributed by atoms with Crippen LogP contribution >= 0.6 is 0 Å². The maximum absolute atomic E-state index is 13.4. The zero-order valence-electron chi connectivity index (χ0n) is 12.6. The van der Waals surface area contributed by atoms with E-state index in [0.717, 1.165) is 11.3 Å². The fourth-order valence-corrected chi connectivity index (χ4v) is 2.47. The molecule has 1 atom stereocenters. The molecule has 0 saturated carbocycles. The van der Waals surface area contributed by atoms with E-state index < -0.39 is 6.10 Å². The van der Waals surface area contributed by atoms with Gasteiger partial charge in [-0.1, -0.05) is 30.3 Å². The van der Waals surface area contributed by atoms with Crippen LogP contribution in [-0.4, -0.2) is 25.2 Å². The van der Waals surface area contributed by atoms with Crippen LogP contribution in [0.3, 0.4) is 0 Å². The number of hydrogen-bond donors (Lipinski definition) is 1. The van der Waals surface area contributed by atoms with Crippen LogP contribution < -0.4 is 14.8 Å². The number of nitrogens with one attached hydrogen (secondary N) is 1. The van der Waals surface area contributed by atoms with Crippen molar-refractivity contribution in [2.45, 2.75) is 18.9 Å². The van der Waals surface area contributed by atoms with Crippen molar-refractivity contribution in [3.63, 3.8) is 0 Å². The molecule has 0 unspecified atom stereocenters. The predicted octanol–water partition coefficient (Wildman–Crippen LogP) is 2.71. The molecular formula is C18H18FNO3. The lowest BCUT2D eigenvalue weighted by molar-refractivity contribution is -0.127. The highest BCUT2D eigenvalue weighted by Gasteiger charge is 2.28. The maximum atomic E-state index is 13.4. The largest absolute Gasteiger partial charge is 0.490 e. The maximum Gasteiger partial charge on any atom is 0.261 e. The summed E-state index contributed by atoms with van der Waals surface area (Å²) in [5, 5.41) is 2.82. The van der Waals surface area contributed by atoms with Gasteiger partial charge in [-0.25, -0.2) is 4.39 Å². The number of benzene rings is 2. The molecule has 1 aliphatic heterocycles. The molecule has 0 saturated heterocycles. The van der Waals surface area contributed by atoms with E-state index in [2.05, 4.69) is 5.32 Å². The third-order valence-corrected chi connectivity index (χ3v) is 3.65. The second kappa shape index (κ2) is 7.13. The van der Waals surface area contributed by atoms with Crippen LogP contribution in [-0.2, 0) is 11.2 Å². The van der Waals surface area contributed by atoms with Gasteiger partial charge in [0.2, 0.25) is 0 Å². The van der Waals surface area contributed by atoms with Gasteiger partial charge in [0.1, 0.15) is 5.75 Å². The van der Waals surface area contributed by atoms with Crippen LogP contribution in [0.15, 0.2) is 48.5 Å². The Kier molecular flexibility index (Phi) is 4.76. The normalized spacial score (nSPS) is 15.6. The Hall–Kier alpha value is -2.56. The molecule has 120 valence electrons. The van der Waals surface area contributed by atoms with Crippen LogP contribution in [0.25, 0.3) is 0 Å². The number of para-hydroxylation sites is 2. The van der Waals surface area contributed by atoms with E-state index in [1.807, 2.05) is 24.3 Å². The first-order valence-corrected chi connectivity index (χ1v) is 7.63. The summed E-state index contributed by atoms with van der Waals surface area (Å²) in [6, 6.07) is 13.9. The molecule has 1 aliphatic rings. The van der Waals surface area contributed by atoms with Crippen molar-refractivity contribution < 1.29 is 18.7 Å². The Labute approximate surface area is 134 Å². The van der Waals surface area contributed by atoms with E-state index in [1.165, 1.54) is 6.07 Å². The van der Waals surface area contributed by atoms with Crippen LogP contribution in [0, 0.1) is 5.82 Å². The number of halogens is 1. The zero-order valence-corrected chi connectivity index (χ0v) is 12.6. The summed E-state index contributed by atoms with van der Waals surface area (Å²) in [6.07, 6.45) is 0.716. The molecule has 1 N–H and O–H groups in total. The van der Waals surface area contributed by atoms with Gasteiger partial charge < -0.3 is 14.8 Å². The van der Waals surface area contributed by atoms with Crippen LogP contribution in [0.2, 0.25) is 0 Å². The quantitative estimate of drug-likeness (QED) is 0.834. The summed E-state index contributed by atoms with van der Waals surface area (Å²) in [5.74, 6) is 0.490. The average Bonchev–Trinajstić information content (AvgIpc) is 3.00. The minimum absolute atomic E-state index is 0.132. The van der Waals surface area contributed by atoms with Gasteiger partial charge in [0.05, 0.1) is 6.61 Å². The monoisotopic (exact) mass is 315 g/mol. The zero-order chi connectivity index (χ0) is 16.1. The highest BCUT2D eigenvalue weighted by Crippen LogP contribution is 2.28. The molecule has 0 aromatic heterocycles. The lowest BCUT2D eigenvalue weighted by Crippen LogP contribution is -2.38. The lowest BCUT2D eigenvalue weighted by atomic mass is 10.1. The van der Waals surface area contributed by atoms with Crippen LogP contribution in [0.1, 0.15) is 12.0 Å². The van der Waals surface area contributed by atoms with Gasteiger partial charge in [0.15, 0.2) is 17.7 Å². The molecule has 0 bridgehead atoms. The number of rotatable bonds is 6. The molecule has 0 radical (unpaired) electrons. The third-order valence-electron chi connectivity index (χ3n) is 3.65. The van der Waals surface area contributed by atoms with E-state index in [4.69, 9.17) is 9.47 Å². The summed E-state index contributed by atoms with van der Waals surface area (Å²) in [6.45, 7) is 0.802. The molecule has 4 nitrogen and oxygen atoms in total. The van der Waals surface area contributed by atoms with Crippen molar-refractivity contribution in [1.82, 2.24) is 5.32 Å². The van der Waals surface area contributed by atoms with Crippen molar-refractivity contribution in [2.24, 2.45) is 0 Å². The molecule has 0 aliphatic carbocycles. The SMILES string of the molecule is O=C(NCCCOc1ccccc1F)[C@H]1Cc2ccccc2O1. The number of hydrogen-bond acceptors (Lipinski definition) is 3. The van der Waals surface area contributed by atoms with Gasteiger partial charge in [0, 0.05) is 13.0 Å². The smallest absolute Gasteiger partial charge is 0.261 e. The first-order valence-electron chi connectivity index (χ1n) is 7.63.